The first kappa shape index (κ1) is 14.3. The first-order valence-corrected chi connectivity index (χ1v) is 7.30. The molecule has 1 aromatic heterocycles. The summed E-state index contributed by atoms with van der Waals surface area (Å²) in [6.07, 6.45) is 4.84. The van der Waals surface area contributed by atoms with E-state index in [2.05, 4.69) is 29.8 Å². The van der Waals surface area contributed by atoms with Crippen molar-refractivity contribution >= 4 is 5.82 Å². The normalized spacial score (nSPS) is 21.4. The minimum Gasteiger partial charge on any atom is -0.377 e. The first-order chi connectivity index (χ1) is 9.26. The summed E-state index contributed by atoms with van der Waals surface area (Å²) >= 11 is 0. The molecule has 1 aliphatic heterocycles. The number of hydrogen-bond acceptors (Lipinski definition) is 4. The average Bonchev–Trinajstić information content (AvgIpc) is 2.47. The monoisotopic (exact) mass is 263 g/mol. The highest BCUT2D eigenvalue weighted by molar-refractivity contribution is 5.48. The number of ether oxygens (including phenoxy) is 1. The van der Waals surface area contributed by atoms with Gasteiger partial charge < -0.3 is 15.4 Å². The lowest BCUT2D eigenvalue weighted by atomic mass is 10.0. The van der Waals surface area contributed by atoms with Gasteiger partial charge in [-0.25, -0.2) is 4.98 Å². The number of pyridine rings is 1. The lowest BCUT2D eigenvalue weighted by Gasteiger charge is -2.37. The standard InChI is InChI=1S/C15H25N3O/c1-3-13(16)10-12-6-5-7-17-15(12)18-8-9-19-11-14(18)4-2/h5-7,13-14H,3-4,8-11,16H2,1-2H3. The van der Waals surface area contributed by atoms with Crippen LogP contribution < -0.4 is 10.6 Å². The van der Waals surface area contributed by atoms with E-state index < -0.39 is 0 Å². The Morgan fingerprint density at radius 1 is 1.53 bits per heavy atom. The van der Waals surface area contributed by atoms with Crippen LogP contribution in [0.1, 0.15) is 32.3 Å². The molecule has 2 N–H and O–H groups in total. The van der Waals surface area contributed by atoms with Gasteiger partial charge in [0.25, 0.3) is 0 Å². The third kappa shape index (κ3) is 3.45. The third-order valence-corrected chi connectivity index (χ3v) is 3.84. The fourth-order valence-electron chi connectivity index (χ4n) is 2.55. The Balaban J connectivity index is 2.22. The van der Waals surface area contributed by atoms with E-state index in [0.29, 0.717) is 6.04 Å². The highest BCUT2D eigenvalue weighted by Crippen LogP contribution is 2.24. The van der Waals surface area contributed by atoms with E-state index in [9.17, 15) is 0 Å². The molecule has 2 heterocycles. The van der Waals surface area contributed by atoms with Gasteiger partial charge in [0.2, 0.25) is 0 Å². The summed E-state index contributed by atoms with van der Waals surface area (Å²) in [6, 6.07) is 4.80. The predicted molar refractivity (Wildman–Crippen MR) is 78.5 cm³/mol. The van der Waals surface area contributed by atoms with Crippen molar-refractivity contribution in [3.8, 4) is 0 Å². The zero-order chi connectivity index (χ0) is 13.7. The van der Waals surface area contributed by atoms with Crippen LogP contribution in [0.25, 0.3) is 0 Å². The number of nitrogens with zero attached hydrogens (tertiary/aromatic N) is 2. The molecule has 1 fully saturated rings. The fourth-order valence-corrected chi connectivity index (χ4v) is 2.55. The lowest BCUT2D eigenvalue weighted by molar-refractivity contribution is 0.0924. The van der Waals surface area contributed by atoms with E-state index in [1.807, 2.05) is 12.3 Å². The zero-order valence-electron chi connectivity index (χ0n) is 12.0. The van der Waals surface area contributed by atoms with Gasteiger partial charge in [-0.15, -0.1) is 0 Å². The molecular formula is C15H25N3O. The number of aromatic nitrogens is 1. The van der Waals surface area contributed by atoms with Crippen molar-refractivity contribution < 1.29 is 4.74 Å². The second-order valence-corrected chi connectivity index (χ2v) is 5.19. The molecule has 2 rings (SSSR count). The quantitative estimate of drug-likeness (QED) is 0.882. The average molecular weight is 263 g/mol. The molecule has 1 aliphatic rings. The van der Waals surface area contributed by atoms with Crippen molar-refractivity contribution in [1.29, 1.82) is 0 Å². The van der Waals surface area contributed by atoms with Crippen molar-refractivity contribution in [2.24, 2.45) is 5.73 Å². The molecule has 1 saturated heterocycles. The Hall–Kier alpha value is -1.13. The van der Waals surface area contributed by atoms with Gasteiger partial charge in [0.05, 0.1) is 19.3 Å². The Kier molecular flexibility index (Phi) is 5.16. The summed E-state index contributed by atoms with van der Waals surface area (Å²) in [5.74, 6) is 1.10. The highest BCUT2D eigenvalue weighted by atomic mass is 16.5. The highest BCUT2D eigenvalue weighted by Gasteiger charge is 2.24. The molecule has 1 aromatic rings. The molecule has 0 amide bonds. The Labute approximate surface area is 116 Å². The van der Waals surface area contributed by atoms with Crippen molar-refractivity contribution in [3.05, 3.63) is 23.9 Å². The molecule has 0 saturated carbocycles. The zero-order valence-corrected chi connectivity index (χ0v) is 12.0. The van der Waals surface area contributed by atoms with Gasteiger partial charge >= 0.3 is 0 Å². The second-order valence-electron chi connectivity index (χ2n) is 5.19. The smallest absolute Gasteiger partial charge is 0.132 e. The molecule has 4 heteroatoms. The van der Waals surface area contributed by atoms with E-state index in [-0.39, 0.29) is 6.04 Å². The third-order valence-electron chi connectivity index (χ3n) is 3.84. The van der Waals surface area contributed by atoms with Gasteiger partial charge in [0.15, 0.2) is 0 Å². The predicted octanol–water partition coefficient (Wildman–Crippen LogP) is 1.98. The largest absolute Gasteiger partial charge is 0.377 e. The van der Waals surface area contributed by atoms with Gasteiger partial charge in [0.1, 0.15) is 5.82 Å². The van der Waals surface area contributed by atoms with E-state index in [1.54, 1.807) is 0 Å². The number of morpholine rings is 1. The summed E-state index contributed by atoms with van der Waals surface area (Å²) in [5, 5.41) is 0. The maximum atomic E-state index is 6.10. The van der Waals surface area contributed by atoms with Gasteiger partial charge in [-0.3, -0.25) is 0 Å². The number of rotatable bonds is 5. The van der Waals surface area contributed by atoms with Gasteiger partial charge in [-0.2, -0.15) is 0 Å². The van der Waals surface area contributed by atoms with Crippen molar-refractivity contribution in [1.82, 2.24) is 4.98 Å². The first-order valence-electron chi connectivity index (χ1n) is 7.30. The summed E-state index contributed by atoms with van der Waals surface area (Å²) < 4.78 is 5.57. The van der Waals surface area contributed by atoms with Crippen LogP contribution in [-0.4, -0.2) is 36.8 Å². The lowest BCUT2D eigenvalue weighted by Crippen LogP contribution is -2.46. The molecule has 0 aliphatic carbocycles. The topological polar surface area (TPSA) is 51.4 Å². The van der Waals surface area contributed by atoms with Gasteiger partial charge in [0, 0.05) is 18.8 Å². The Morgan fingerprint density at radius 3 is 3.11 bits per heavy atom. The van der Waals surface area contributed by atoms with Crippen LogP contribution in [0.3, 0.4) is 0 Å². The number of anilines is 1. The van der Waals surface area contributed by atoms with Crippen LogP contribution in [0, 0.1) is 0 Å². The van der Waals surface area contributed by atoms with Crippen LogP contribution in [-0.2, 0) is 11.2 Å². The van der Waals surface area contributed by atoms with Crippen LogP contribution in [0.2, 0.25) is 0 Å². The molecule has 19 heavy (non-hydrogen) atoms. The number of nitrogens with two attached hydrogens (primary N) is 1. The molecule has 0 bridgehead atoms. The molecular weight excluding hydrogens is 238 g/mol. The van der Waals surface area contributed by atoms with E-state index in [1.165, 1.54) is 5.56 Å². The van der Waals surface area contributed by atoms with Crippen LogP contribution >= 0.6 is 0 Å². The van der Waals surface area contributed by atoms with Crippen molar-refractivity contribution in [2.45, 2.75) is 45.2 Å². The van der Waals surface area contributed by atoms with Crippen molar-refractivity contribution in [2.75, 3.05) is 24.7 Å². The summed E-state index contributed by atoms with van der Waals surface area (Å²) in [5.41, 5.74) is 7.36. The molecule has 4 nitrogen and oxygen atoms in total. The van der Waals surface area contributed by atoms with E-state index in [4.69, 9.17) is 10.5 Å². The molecule has 2 atom stereocenters. The van der Waals surface area contributed by atoms with E-state index >= 15 is 0 Å². The Bertz CT molecular complexity index is 397. The molecule has 106 valence electrons. The molecule has 2 unspecified atom stereocenters. The SMILES string of the molecule is CCC(N)Cc1cccnc1N1CCOCC1CC. The minimum absolute atomic E-state index is 0.212. The maximum Gasteiger partial charge on any atom is 0.132 e. The van der Waals surface area contributed by atoms with Crippen LogP contribution in [0.4, 0.5) is 5.82 Å². The number of hydrogen-bond donors (Lipinski definition) is 1. The van der Waals surface area contributed by atoms with Gasteiger partial charge in [-0.05, 0) is 30.9 Å². The minimum atomic E-state index is 0.212. The fraction of sp³-hybridized carbons (Fsp3) is 0.667. The van der Waals surface area contributed by atoms with Gasteiger partial charge in [-0.1, -0.05) is 19.9 Å². The van der Waals surface area contributed by atoms with Crippen LogP contribution in [0.5, 0.6) is 0 Å². The summed E-state index contributed by atoms with van der Waals surface area (Å²) in [6.45, 7) is 6.83. The molecule has 0 radical (unpaired) electrons. The summed E-state index contributed by atoms with van der Waals surface area (Å²) in [7, 11) is 0. The second kappa shape index (κ2) is 6.87. The summed E-state index contributed by atoms with van der Waals surface area (Å²) in [4.78, 5) is 6.99. The van der Waals surface area contributed by atoms with E-state index in [0.717, 1.165) is 44.8 Å². The molecule has 0 aromatic carbocycles. The Morgan fingerprint density at radius 2 is 2.37 bits per heavy atom. The van der Waals surface area contributed by atoms with Crippen LogP contribution in [0.15, 0.2) is 18.3 Å². The maximum absolute atomic E-state index is 6.10. The van der Waals surface area contributed by atoms with Crippen molar-refractivity contribution in [3.63, 3.8) is 0 Å². The molecule has 0 spiro atoms.